The van der Waals surface area contributed by atoms with Gasteiger partial charge in [-0.3, -0.25) is 9.59 Å². The van der Waals surface area contributed by atoms with Crippen molar-refractivity contribution in [3.8, 4) is 0 Å². The standard InChI is InChI=1S/C17H15F3N4O2S/c18-17(19,20)13-7-14(25)24-16(23-13)27-9-15(26)21-6-5-10-8-22-12-4-2-1-3-11(10)12/h1-4,7-8,22H,5-6,9H2,(H,21,26)(H,23,24,25). The van der Waals surface area contributed by atoms with E-state index in [0.29, 0.717) is 19.0 Å². The third kappa shape index (κ3) is 4.91. The van der Waals surface area contributed by atoms with Crippen LogP contribution in [-0.4, -0.2) is 33.2 Å². The Morgan fingerprint density at radius 1 is 1.26 bits per heavy atom. The quantitative estimate of drug-likeness (QED) is 0.441. The number of carbonyl (C=O) groups excluding carboxylic acids is 1. The topological polar surface area (TPSA) is 90.6 Å². The van der Waals surface area contributed by atoms with Crippen LogP contribution in [0.4, 0.5) is 13.2 Å². The molecule has 0 aliphatic heterocycles. The number of thioether (sulfide) groups is 1. The molecule has 0 fully saturated rings. The molecule has 1 aromatic carbocycles. The molecule has 0 unspecified atom stereocenters. The Bertz CT molecular complexity index is 1010. The summed E-state index contributed by atoms with van der Waals surface area (Å²) in [5.74, 6) is -0.516. The lowest BCUT2D eigenvalue weighted by Crippen LogP contribution is -2.27. The molecule has 142 valence electrons. The van der Waals surface area contributed by atoms with Crippen LogP contribution >= 0.6 is 11.8 Å². The van der Waals surface area contributed by atoms with Crippen molar-refractivity contribution in [2.24, 2.45) is 0 Å². The number of fused-ring (bicyclic) bond motifs is 1. The highest BCUT2D eigenvalue weighted by Crippen LogP contribution is 2.27. The summed E-state index contributed by atoms with van der Waals surface area (Å²) in [7, 11) is 0. The number of benzene rings is 1. The van der Waals surface area contributed by atoms with Crippen LogP contribution in [0.5, 0.6) is 0 Å². The van der Waals surface area contributed by atoms with Gasteiger partial charge in [0.05, 0.1) is 5.75 Å². The first kappa shape index (κ1) is 19.0. The number of aromatic amines is 2. The largest absolute Gasteiger partial charge is 0.433 e. The number of nitrogens with zero attached hydrogens (tertiary/aromatic N) is 1. The zero-order valence-corrected chi connectivity index (χ0v) is 14.7. The molecule has 0 aliphatic rings. The molecule has 0 atom stereocenters. The van der Waals surface area contributed by atoms with Crippen molar-refractivity contribution < 1.29 is 18.0 Å². The fraction of sp³-hybridized carbons (Fsp3) is 0.235. The lowest BCUT2D eigenvalue weighted by atomic mass is 10.1. The molecule has 2 aromatic heterocycles. The van der Waals surface area contributed by atoms with Crippen LogP contribution in [0.1, 0.15) is 11.3 Å². The second kappa shape index (κ2) is 7.87. The van der Waals surface area contributed by atoms with Gasteiger partial charge in [0.25, 0.3) is 5.56 Å². The fourth-order valence-electron chi connectivity index (χ4n) is 2.51. The number of amides is 1. The van der Waals surface area contributed by atoms with Gasteiger partial charge in [-0.25, -0.2) is 4.98 Å². The fourth-order valence-corrected chi connectivity index (χ4v) is 3.21. The second-order valence-electron chi connectivity index (χ2n) is 5.68. The molecule has 3 N–H and O–H groups in total. The minimum atomic E-state index is -4.72. The number of aromatic nitrogens is 3. The minimum Gasteiger partial charge on any atom is -0.361 e. The molecular weight excluding hydrogens is 381 g/mol. The van der Waals surface area contributed by atoms with Crippen LogP contribution in [0.25, 0.3) is 10.9 Å². The number of carbonyl (C=O) groups is 1. The number of hydrogen-bond donors (Lipinski definition) is 3. The molecule has 3 rings (SSSR count). The normalized spacial score (nSPS) is 11.7. The van der Waals surface area contributed by atoms with Crippen LogP contribution in [0, 0.1) is 0 Å². The molecule has 0 spiro atoms. The number of H-pyrrole nitrogens is 2. The van der Waals surface area contributed by atoms with Gasteiger partial charge in [0.1, 0.15) is 0 Å². The average Bonchev–Trinajstić information content (AvgIpc) is 3.02. The molecule has 0 saturated carbocycles. The monoisotopic (exact) mass is 396 g/mol. The highest BCUT2D eigenvalue weighted by molar-refractivity contribution is 7.99. The summed E-state index contributed by atoms with van der Waals surface area (Å²) in [5.41, 5.74) is -0.135. The van der Waals surface area contributed by atoms with E-state index in [2.05, 4.69) is 20.3 Å². The first-order valence-electron chi connectivity index (χ1n) is 7.96. The maximum absolute atomic E-state index is 12.7. The van der Waals surface area contributed by atoms with Crippen LogP contribution < -0.4 is 10.9 Å². The van der Waals surface area contributed by atoms with Gasteiger partial charge >= 0.3 is 6.18 Å². The van der Waals surface area contributed by atoms with Crippen molar-refractivity contribution in [1.29, 1.82) is 0 Å². The molecule has 0 saturated heterocycles. The van der Waals surface area contributed by atoms with Crippen LogP contribution in [0.2, 0.25) is 0 Å². The Labute approximate surface area is 155 Å². The molecule has 0 aliphatic carbocycles. The maximum Gasteiger partial charge on any atom is 0.433 e. The molecule has 2 heterocycles. The van der Waals surface area contributed by atoms with Gasteiger partial charge in [-0.15, -0.1) is 0 Å². The average molecular weight is 396 g/mol. The number of alkyl halides is 3. The van der Waals surface area contributed by atoms with Crippen molar-refractivity contribution in [2.45, 2.75) is 17.8 Å². The van der Waals surface area contributed by atoms with E-state index in [-0.39, 0.29) is 16.8 Å². The maximum atomic E-state index is 12.7. The minimum absolute atomic E-state index is 0.155. The van der Waals surface area contributed by atoms with E-state index in [0.717, 1.165) is 28.2 Å². The summed E-state index contributed by atoms with van der Waals surface area (Å²) in [5, 5.41) is 3.53. The molecule has 0 bridgehead atoms. The SMILES string of the molecule is O=C(CSc1nc(C(F)(F)F)cc(=O)[nH]1)NCCc1c[nH]c2ccccc12. The number of nitrogens with one attached hydrogen (secondary N) is 3. The van der Waals surface area contributed by atoms with Crippen molar-refractivity contribution in [1.82, 2.24) is 20.3 Å². The van der Waals surface area contributed by atoms with E-state index in [1.165, 1.54) is 0 Å². The Morgan fingerprint density at radius 2 is 2.04 bits per heavy atom. The second-order valence-corrected chi connectivity index (χ2v) is 6.65. The lowest BCUT2D eigenvalue weighted by Gasteiger charge is -2.07. The first-order chi connectivity index (χ1) is 12.8. The predicted molar refractivity (Wildman–Crippen MR) is 95.6 cm³/mol. The van der Waals surface area contributed by atoms with Gasteiger partial charge in [0.2, 0.25) is 5.91 Å². The first-order valence-corrected chi connectivity index (χ1v) is 8.94. The molecule has 6 nitrogen and oxygen atoms in total. The van der Waals surface area contributed by atoms with Crippen molar-refractivity contribution >= 4 is 28.6 Å². The van der Waals surface area contributed by atoms with E-state index in [1.54, 1.807) is 0 Å². The van der Waals surface area contributed by atoms with Crippen molar-refractivity contribution in [3.63, 3.8) is 0 Å². The number of para-hydroxylation sites is 1. The van der Waals surface area contributed by atoms with Gasteiger partial charge < -0.3 is 15.3 Å². The number of halogens is 3. The van der Waals surface area contributed by atoms with Gasteiger partial charge in [0.15, 0.2) is 10.9 Å². The Hall–Kier alpha value is -2.75. The highest BCUT2D eigenvalue weighted by Gasteiger charge is 2.33. The summed E-state index contributed by atoms with van der Waals surface area (Å²) in [6, 6.07) is 8.17. The van der Waals surface area contributed by atoms with Crippen molar-refractivity contribution in [3.05, 3.63) is 58.1 Å². The summed E-state index contributed by atoms with van der Waals surface area (Å²) in [4.78, 5) is 31.9. The smallest absolute Gasteiger partial charge is 0.361 e. The van der Waals surface area contributed by atoms with Gasteiger partial charge in [-0.1, -0.05) is 30.0 Å². The summed E-state index contributed by atoms with van der Waals surface area (Å²) in [6.45, 7) is 0.383. The molecular formula is C17H15F3N4O2S. The molecule has 3 aromatic rings. The zero-order chi connectivity index (χ0) is 19.4. The third-order valence-electron chi connectivity index (χ3n) is 3.74. The third-order valence-corrected chi connectivity index (χ3v) is 4.62. The van der Waals surface area contributed by atoms with E-state index in [4.69, 9.17) is 0 Å². The van der Waals surface area contributed by atoms with E-state index < -0.39 is 17.4 Å². The summed E-state index contributed by atoms with van der Waals surface area (Å²) >= 11 is 0.739. The molecule has 27 heavy (non-hydrogen) atoms. The predicted octanol–water partition coefficient (Wildman–Crippen LogP) is 2.72. The Balaban J connectivity index is 1.52. The summed E-state index contributed by atoms with van der Waals surface area (Å²) < 4.78 is 38.0. The van der Waals surface area contributed by atoms with Crippen LogP contribution in [0.3, 0.4) is 0 Å². The van der Waals surface area contributed by atoms with E-state index in [1.807, 2.05) is 30.5 Å². The lowest BCUT2D eigenvalue weighted by molar-refractivity contribution is -0.141. The van der Waals surface area contributed by atoms with Crippen LogP contribution in [0.15, 0.2) is 46.5 Å². The highest BCUT2D eigenvalue weighted by atomic mass is 32.2. The van der Waals surface area contributed by atoms with Gasteiger partial charge in [-0.2, -0.15) is 13.2 Å². The van der Waals surface area contributed by atoms with E-state index in [9.17, 15) is 22.8 Å². The molecule has 10 heteroatoms. The van der Waals surface area contributed by atoms with Crippen LogP contribution in [-0.2, 0) is 17.4 Å². The van der Waals surface area contributed by atoms with E-state index >= 15 is 0 Å². The number of rotatable bonds is 6. The Kier molecular flexibility index (Phi) is 5.54. The number of hydrogen-bond acceptors (Lipinski definition) is 4. The molecule has 0 radical (unpaired) electrons. The zero-order valence-electron chi connectivity index (χ0n) is 13.9. The molecule has 1 amide bonds. The van der Waals surface area contributed by atoms with Gasteiger partial charge in [-0.05, 0) is 18.1 Å². The van der Waals surface area contributed by atoms with Crippen molar-refractivity contribution in [2.75, 3.05) is 12.3 Å². The van der Waals surface area contributed by atoms with Gasteiger partial charge in [0, 0.05) is 29.7 Å². The Morgan fingerprint density at radius 3 is 2.81 bits per heavy atom. The summed E-state index contributed by atoms with van der Waals surface area (Å²) in [6.07, 6.45) is -2.23.